The van der Waals surface area contributed by atoms with Gasteiger partial charge in [-0.15, -0.1) is 0 Å². The Kier molecular flexibility index (Phi) is 3.99. The maximum atomic E-state index is 12.1. The lowest BCUT2D eigenvalue weighted by molar-refractivity contribution is -0.00143. The van der Waals surface area contributed by atoms with Crippen molar-refractivity contribution in [1.82, 2.24) is 0 Å². The SMILES string of the molecule is C[C@H]1C[C@@H](OC(=O)c2ccccc2CN)[C@@H](C)O1. The first-order valence-corrected chi connectivity index (χ1v) is 6.26. The zero-order valence-electron chi connectivity index (χ0n) is 10.8. The molecule has 0 unspecified atom stereocenters. The van der Waals surface area contributed by atoms with E-state index in [1.54, 1.807) is 6.07 Å². The summed E-state index contributed by atoms with van der Waals surface area (Å²) < 4.78 is 11.1. The molecule has 0 aliphatic carbocycles. The molecule has 1 aromatic rings. The zero-order chi connectivity index (χ0) is 13.1. The number of carbonyl (C=O) groups is 1. The number of hydrogen-bond acceptors (Lipinski definition) is 4. The number of ether oxygens (including phenoxy) is 2. The average molecular weight is 249 g/mol. The fraction of sp³-hybridized carbons (Fsp3) is 0.500. The van der Waals surface area contributed by atoms with Crippen molar-refractivity contribution < 1.29 is 14.3 Å². The smallest absolute Gasteiger partial charge is 0.338 e. The topological polar surface area (TPSA) is 61.5 Å². The average Bonchev–Trinajstić information content (AvgIpc) is 2.67. The Hall–Kier alpha value is -1.39. The van der Waals surface area contributed by atoms with Crippen LogP contribution in [0.4, 0.5) is 0 Å². The van der Waals surface area contributed by atoms with E-state index in [2.05, 4.69) is 0 Å². The zero-order valence-corrected chi connectivity index (χ0v) is 10.8. The standard InChI is InChI=1S/C14H19NO3/c1-9-7-13(10(2)17-9)18-14(16)12-6-4-3-5-11(12)8-15/h3-6,9-10,13H,7-8,15H2,1-2H3/t9-,10+,13+/m0/s1. The maximum absolute atomic E-state index is 12.1. The van der Waals surface area contributed by atoms with Gasteiger partial charge in [0, 0.05) is 13.0 Å². The quantitative estimate of drug-likeness (QED) is 0.831. The molecule has 0 saturated carbocycles. The highest BCUT2D eigenvalue weighted by Gasteiger charge is 2.33. The summed E-state index contributed by atoms with van der Waals surface area (Å²) in [5.41, 5.74) is 6.97. The lowest BCUT2D eigenvalue weighted by Gasteiger charge is -2.16. The van der Waals surface area contributed by atoms with E-state index in [9.17, 15) is 4.79 Å². The minimum atomic E-state index is -0.314. The number of esters is 1. The number of benzene rings is 1. The van der Waals surface area contributed by atoms with Crippen molar-refractivity contribution >= 4 is 5.97 Å². The largest absolute Gasteiger partial charge is 0.456 e. The van der Waals surface area contributed by atoms with E-state index in [1.165, 1.54) is 0 Å². The van der Waals surface area contributed by atoms with Crippen molar-refractivity contribution in [2.75, 3.05) is 0 Å². The van der Waals surface area contributed by atoms with Gasteiger partial charge in [0.15, 0.2) is 0 Å². The van der Waals surface area contributed by atoms with E-state index < -0.39 is 0 Å². The number of carbonyl (C=O) groups excluding carboxylic acids is 1. The number of hydrogen-bond donors (Lipinski definition) is 1. The van der Waals surface area contributed by atoms with Crippen molar-refractivity contribution in [2.45, 2.75) is 45.1 Å². The van der Waals surface area contributed by atoms with Gasteiger partial charge in [0.25, 0.3) is 0 Å². The van der Waals surface area contributed by atoms with Crippen molar-refractivity contribution in [3.05, 3.63) is 35.4 Å². The van der Waals surface area contributed by atoms with Crippen molar-refractivity contribution in [3.8, 4) is 0 Å². The van der Waals surface area contributed by atoms with Gasteiger partial charge in [-0.3, -0.25) is 0 Å². The normalized spacial score (nSPS) is 27.2. The molecule has 0 aromatic heterocycles. The van der Waals surface area contributed by atoms with Crippen LogP contribution in [-0.2, 0) is 16.0 Å². The fourth-order valence-corrected chi connectivity index (χ4v) is 2.27. The highest BCUT2D eigenvalue weighted by Crippen LogP contribution is 2.24. The van der Waals surface area contributed by atoms with Crippen LogP contribution in [0.25, 0.3) is 0 Å². The Morgan fingerprint density at radius 1 is 1.44 bits per heavy atom. The summed E-state index contributed by atoms with van der Waals surface area (Å²) in [6.07, 6.45) is 0.674. The second-order valence-electron chi connectivity index (χ2n) is 4.69. The van der Waals surface area contributed by atoms with E-state index in [0.717, 1.165) is 12.0 Å². The molecule has 0 bridgehead atoms. The molecular weight excluding hydrogens is 230 g/mol. The van der Waals surface area contributed by atoms with Gasteiger partial charge in [0.2, 0.25) is 0 Å². The van der Waals surface area contributed by atoms with E-state index in [0.29, 0.717) is 12.1 Å². The molecule has 1 aromatic carbocycles. The molecule has 1 fully saturated rings. The second kappa shape index (κ2) is 5.50. The number of rotatable bonds is 3. The lowest BCUT2D eigenvalue weighted by atomic mass is 10.1. The summed E-state index contributed by atoms with van der Waals surface area (Å²) in [4.78, 5) is 12.1. The van der Waals surface area contributed by atoms with Crippen molar-refractivity contribution in [3.63, 3.8) is 0 Å². The molecule has 2 N–H and O–H groups in total. The Morgan fingerprint density at radius 3 is 2.78 bits per heavy atom. The monoisotopic (exact) mass is 249 g/mol. The molecule has 4 nitrogen and oxygen atoms in total. The van der Waals surface area contributed by atoms with Crippen molar-refractivity contribution in [1.29, 1.82) is 0 Å². The molecule has 2 rings (SSSR count). The molecule has 0 radical (unpaired) electrons. The summed E-state index contributed by atoms with van der Waals surface area (Å²) in [6.45, 7) is 4.24. The van der Waals surface area contributed by atoms with Crippen LogP contribution in [0.15, 0.2) is 24.3 Å². The molecule has 1 aliphatic rings. The first-order chi connectivity index (χ1) is 8.61. The van der Waals surface area contributed by atoms with E-state index >= 15 is 0 Å². The van der Waals surface area contributed by atoms with E-state index in [4.69, 9.17) is 15.2 Å². The molecule has 18 heavy (non-hydrogen) atoms. The lowest BCUT2D eigenvalue weighted by Crippen LogP contribution is -2.25. The minimum absolute atomic E-state index is 0.0472. The summed E-state index contributed by atoms with van der Waals surface area (Å²) in [6, 6.07) is 7.26. The molecule has 1 aliphatic heterocycles. The van der Waals surface area contributed by atoms with E-state index in [-0.39, 0.29) is 24.3 Å². The molecular formula is C14H19NO3. The Bertz CT molecular complexity index is 433. The van der Waals surface area contributed by atoms with Gasteiger partial charge in [-0.05, 0) is 25.5 Å². The molecule has 98 valence electrons. The van der Waals surface area contributed by atoms with Gasteiger partial charge in [-0.2, -0.15) is 0 Å². The van der Waals surface area contributed by atoms with Crippen molar-refractivity contribution in [2.24, 2.45) is 5.73 Å². The van der Waals surface area contributed by atoms with Crippen LogP contribution >= 0.6 is 0 Å². The van der Waals surface area contributed by atoms with Crippen LogP contribution in [0.3, 0.4) is 0 Å². The van der Waals surface area contributed by atoms with Gasteiger partial charge < -0.3 is 15.2 Å². The second-order valence-corrected chi connectivity index (χ2v) is 4.69. The third kappa shape index (κ3) is 2.71. The van der Waals surface area contributed by atoms with Gasteiger partial charge in [-0.25, -0.2) is 4.79 Å². The summed E-state index contributed by atoms with van der Waals surface area (Å²) in [5, 5.41) is 0. The predicted molar refractivity (Wildman–Crippen MR) is 68.2 cm³/mol. The number of nitrogens with two attached hydrogens (primary N) is 1. The van der Waals surface area contributed by atoms with Crippen LogP contribution in [-0.4, -0.2) is 24.3 Å². The maximum Gasteiger partial charge on any atom is 0.338 e. The summed E-state index contributed by atoms with van der Waals surface area (Å²) in [7, 11) is 0. The van der Waals surface area contributed by atoms with Gasteiger partial charge >= 0.3 is 5.97 Å². The first-order valence-electron chi connectivity index (χ1n) is 6.26. The minimum Gasteiger partial charge on any atom is -0.456 e. The summed E-state index contributed by atoms with van der Waals surface area (Å²) in [5.74, 6) is -0.314. The van der Waals surface area contributed by atoms with Gasteiger partial charge in [-0.1, -0.05) is 18.2 Å². The fourth-order valence-electron chi connectivity index (χ4n) is 2.27. The Morgan fingerprint density at radius 2 is 2.17 bits per heavy atom. The van der Waals surface area contributed by atoms with Crippen LogP contribution in [0.5, 0.6) is 0 Å². The Labute approximate surface area is 107 Å². The van der Waals surface area contributed by atoms with Crippen LogP contribution in [0.2, 0.25) is 0 Å². The van der Waals surface area contributed by atoms with Gasteiger partial charge in [0.05, 0.1) is 17.8 Å². The third-order valence-electron chi connectivity index (χ3n) is 3.25. The molecule has 3 atom stereocenters. The molecule has 1 saturated heterocycles. The highest BCUT2D eigenvalue weighted by molar-refractivity contribution is 5.91. The van der Waals surface area contributed by atoms with Crippen LogP contribution < -0.4 is 5.73 Å². The third-order valence-corrected chi connectivity index (χ3v) is 3.25. The summed E-state index contributed by atoms with van der Waals surface area (Å²) >= 11 is 0. The van der Waals surface area contributed by atoms with E-state index in [1.807, 2.05) is 32.0 Å². The Balaban J connectivity index is 2.08. The first kappa shape index (κ1) is 13.1. The highest BCUT2D eigenvalue weighted by atomic mass is 16.6. The molecule has 4 heteroatoms. The van der Waals surface area contributed by atoms with Gasteiger partial charge in [0.1, 0.15) is 6.10 Å². The van der Waals surface area contributed by atoms with Crippen LogP contribution in [0.1, 0.15) is 36.2 Å². The predicted octanol–water partition coefficient (Wildman–Crippen LogP) is 1.87. The molecule has 0 amide bonds. The van der Waals surface area contributed by atoms with Crippen LogP contribution in [0, 0.1) is 0 Å². The molecule has 0 spiro atoms. The molecule has 1 heterocycles.